The first-order valence-corrected chi connectivity index (χ1v) is 13.9. The average molecular weight is 553 g/mol. The fourth-order valence-electron chi connectivity index (χ4n) is 6.12. The normalized spacial score (nSPS) is 21.6. The highest BCUT2D eigenvalue weighted by Crippen LogP contribution is 2.40. The molecule has 2 aliphatic rings. The van der Waals surface area contributed by atoms with Gasteiger partial charge >= 0.3 is 6.18 Å². The molecule has 11 heteroatoms. The van der Waals surface area contributed by atoms with Crippen molar-refractivity contribution in [1.29, 1.82) is 0 Å². The van der Waals surface area contributed by atoms with Gasteiger partial charge in [-0.2, -0.15) is 13.2 Å². The molecule has 6 rings (SSSR count). The number of nitrogens with one attached hydrogen (secondary N) is 1. The smallest absolute Gasteiger partial charge is 0.371 e. The molecule has 2 aromatic heterocycles. The van der Waals surface area contributed by atoms with Gasteiger partial charge in [0.1, 0.15) is 0 Å². The third-order valence-electron chi connectivity index (χ3n) is 8.73. The molecule has 2 aromatic carbocycles. The maximum absolute atomic E-state index is 14.3. The van der Waals surface area contributed by atoms with Crippen molar-refractivity contribution >= 4 is 28.3 Å². The highest BCUT2D eigenvalue weighted by Gasteiger charge is 2.36. The van der Waals surface area contributed by atoms with Gasteiger partial charge in [0.05, 0.1) is 22.8 Å². The summed E-state index contributed by atoms with van der Waals surface area (Å²) in [6, 6.07) is 11.3. The topological polar surface area (TPSA) is 64.8 Å². The van der Waals surface area contributed by atoms with E-state index in [4.69, 9.17) is 0 Å². The first kappa shape index (κ1) is 26.8. The van der Waals surface area contributed by atoms with Crippen LogP contribution in [0.15, 0.2) is 42.6 Å². The number of piperazine rings is 1. The molecule has 0 spiro atoms. The number of likely N-dealkylation sites (N-methyl/N-ethyl adjacent to an activating group) is 1. The Morgan fingerprint density at radius 3 is 2.25 bits per heavy atom. The molecule has 4 heterocycles. The first-order chi connectivity index (χ1) is 19.1. The number of nitrogens with zero attached hydrogens (tertiary/aromatic N) is 7. The maximum Gasteiger partial charge on any atom is 0.418 e. The van der Waals surface area contributed by atoms with Gasteiger partial charge in [0, 0.05) is 50.0 Å². The predicted molar refractivity (Wildman–Crippen MR) is 152 cm³/mol. The summed E-state index contributed by atoms with van der Waals surface area (Å²) in [6.45, 7) is 7.16. The minimum atomic E-state index is -4.47. The highest BCUT2D eigenvalue weighted by atomic mass is 19.4. The van der Waals surface area contributed by atoms with E-state index in [1.807, 2.05) is 34.5 Å². The van der Waals surface area contributed by atoms with Crippen molar-refractivity contribution < 1.29 is 13.2 Å². The second-order valence-electron chi connectivity index (χ2n) is 11.2. The van der Waals surface area contributed by atoms with Crippen LogP contribution in [0.25, 0.3) is 27.8 Å². The minimum absolute atomic E-state index is 0.245. The Morgan fingerprint density at radius 1 is 0.900 bits per heavy atom. The Labute approximate surface area is 231 Å². The number of benzene rings is 2. The van der Waals surface area contributed by atoms with Crippen molar-refractivity contribution in [2.45, 2.75) is 51.0 Å². The standard InChI is InChI=1S/C29H35F3N8/c1-18-16-39(17-19(2)37(18)4)28-36-35-27-15-34-24-7-5-21(14-26(24)40(27)28)20-6-8-25(23(13-20)29(30,31)32)38-11-9-22(33-3)10-12-38/h5-8,13-15,18-19,22,33H,9-12,16-17H2,1-4H3/t18-,19?/m0/s1. The van der Waals surface area contributed by atoms with Gasteiger partial charge in [0.15, 0.2) is 5.65 Å². The van der Waals surface area contributed by atoms with Gasteiger partial charge in [-0.1, -0.05) is 12.1 Å². The number of alkyl halides is 3. The Bertz CT molecular complexity index is 1510. The number of rotatable bonds is 4. The lowest BCUT2D eigenvalue weighted by molar-refractivity contribution is -0.137. The summed E-state index contributed by atoms with van der Waals surface area (Å²) >= 11 is 0. The van der Waals surface area contributed by atoms with Crippen LogP contribution in [-0.2, 0) is 6.18 Å². The number of anilines is 2. The van der Waals surface area contributed by atoms with E-state index in [0.29, 0.717) is 48.0 Å². The molecule has 8 nitrogen and oxygen atoms in total. The molecule has 0 amide bonds. The summed E-state index contributed by atoms with van der Waals surface area (Å²) in [5.74, 6) is 0.725. The van der Waals surface area contributed by atoms with Crippen molar-refractivity contribution in [3.63, 3.8) is 0 Å². The molecular weight excluding hydrogens is 517 g/mol. The van der Waals surface area contributed by atoms with Crippen molar-refractivity contribution in [1.82, 2.24) is 29.8 Å². The van der Waals surface area contributed by atoms with Crippen LogP contribution in [-0.4, -0.2) is 82.9 Å². The lowest BCUT2D eigenvalue weighted by atomic mass is 9.98. The van der Waals surface area contributed by atoms with E-state index in [-0.39, 0.29) is 5.69 Å². The van der Waals surface area contributed by atoms with E-state index in [1.54, 1.807) is 18.3 Å². The molecule has 4 aromatic rings. The number of hydrogen-bond acceptors (Lipinski definition) is 7. The van der Waals surface area contributed by atoms with E-state index in [9.17, 15) is 13.2 Å². The SMILES string of the molecule is CNC1CCN(c2ccc(-c3ccc4ncc5nnc(N6CC(C)N(C)[C@@H](C)C6)n5c4c3)cc2C(F)(F)F)CC1. The average Bonchev–Trinajstić information content (AvgIpc) is 3.39. The zero-order chi connectivity index (χ0) is 28.2. The highest BCUT2D eigenvalue weighted by molar-refractivity contribution is 5.85. The van der Waals surface area contributed by atoms with Crippen LogP contribution in [0.1, 0.15) is 32.3 Å². The Balaban J connectivity index is 1.41. The van der Waals surface area contributed by atoms with Crippen LogP contribution < -0.4 is 15.1 Å². The predicted octanol–water partition coefficient (Wildman–Crippen LogP) is 4.68. The fraction of sp³-hybridized carbons (Fsp3) is 0.483. The molecule has 40 heavy (non-hydrogen) atoms. The molecule has 1 unspecified atom stereocenters. The molecule has 2 saturated heterocycles. The first-order valence-electron chi connectivity index (χ1n) is 13.9. The minimum Gasteiger partial charge on any atom is -0.371 e. The molecular formula is C29H35F3N8. The summed E-state index contributed by atoms with van der Waals surface area (Å²) in [5.41, 5.74) is 2.94. The van der Waals surface area contributed by atoms with Gasteiger partial charge in [-0.3, -0.25) is 14.3 Å². The zero-order valence-corrected chi connectivity index (χ0v) is 23.3. The molecule has 0 aliphatic carbocycles. The number of hydrogen-bond donors (Lipinski definition) is 1. The summed E-state index contributed by atoms with van der Waals surface area (Å²) < 4.78 is 45.0. The van der Waals surface area contributed by atoms with Crippen LogP contribution in [0.5, 0.6) is 0 Å². The van der Waals surface area contributed by atoms with Crippen molar-refractivity contribution in [2.75, 3.05) is 50.1 Å². The lowest BCUT2D eigenvalue weighted by Crippen LogP contribution is -2.55. The Morgan fingerprint density at radius 2 is 1.57 bits per heavy atom. The quantitative estimate of drug-likeness (QED) is 0.395. The summed E-state index contributed by atoms with van der Waals surface area (Å²) in [6.07, 6.45) is -1.15. The van der Waals surface area contributed by atoms with Gasteiger partial charge < -0.3 is 15.1 Å². The van der Waals surface area contributed by atoms with Gasteiger partial charge in [0.25, 0.3) is 0 Å². The van der Waals surface area contributed by atoms with E-state index in [1.165, 1.54) is 6.07 Å². The largest absolute Gasteiger partial charge is 0.418 e. The van der Waals surface area contributed by atoms with Crippen LogP contribution in [0, 0.1) is 0 Å². The van der Waals surface area contributed by atoms with Gasteiger partial charge in [-0.05, 0) is 76.2 Å². The monoisotopic (exact) mass is 552 g/mol. The van der Waals surface area contributed by atoms with E-state index >= 15 is 0 Å². The van der Waals surface area contributed by atoms with Crippen molar-refractivity contribution in [3.05, 3.63) is 48.2 Å². The van der Waals surface area contributed by atoms with Crippen LogP contribution in [0.4, 0.5) is 24.8 Å². The van der Waals surface area contributed by atoms with E-state index < -0.39 is 11.7 Å². The number of fused-ring (bicyclic) bond motifs is 3. The Kier molecular flexibility index (Phi) is 6.82. The third kappa shape index (κ3) is 4.75. The van der Waals surface area contributed by atoms with E-state index in [2.05, 4.69) is 51.2 Å². The van der Waals surface area contributed by atoms with Gasteiger partial charge in [-0.25, -0.2) is 0 Å². The molecule has 0 saturated carbocycles. The van der Waals surface area contributed by atoms with Crippen LogP contribution in [0.3, 0.4) is 0 Å². The lowest BCUT2D eigenvalue weighted by Gasteiger charge is -2.42. The fourth-order valence-corrected chi connectivity index (χ4v) is 6.12. The maximum atomic E-state index is 14.3. The molecule has 0 bridgehead atoms. The third-order valence-corrected chi connectivity index (χ3v) is 8.73. The van der Waals surface area contributed by atoms with Crippen molar-refractivity contribution in [3.8, 4) is 11.1 Å². The second-order valence-corrected chi connectivity index (χ2v) is 11.2. The molecule has 0 radical (unpaired) electrons. The molecule has 2 fully saturated rings. The van der Waals surface area contributed by atoms with Gasteiger partial charge in [-0.15, -0.1) is 10.2 Å². The van der Waals surface area contributed by atoms with Gasteiger partial charge in [0.2, 0.25) is 5.95 Å². The van der Waals surface area contributed by atoms with Crippen LogP contribution >= 0.6 is 0 Å². The van der Waals surface area contributed by atoms with Crippen LogP contribution in [0.2, 0.25) is 0 Å². The number of halogens is 3. The molecule has 1 N–H and O–H groups in total. The summed E-state index contributed by atoms with van der Waals surface area (Å²) in [7, 11) is 4.03. The molecule has 212 valence electrons. The number of piperidine rings is 1. The second kappa shape index (κ2) is 10.2. The van der Waals surface area contributed by atoms with Crippen molar-refractivity contribution in [2.24, 2.45) is 0 Å². The van der Waals surface area contributed by atoms with E-state index in [0.717, 1.165) is 42.9 Å². The summed E-state index contributed by atoms with van der Waals surface area (Å²) in [5, 5.41) is 12.1. The number of aromatic nitrogens is 4. The molecule has 2 atom stereocenters. The molecule has 2 aliphatic heterocycles. The Hall–Kier alpha value is -3.44. The zero-order valence-electron chi connectivity index (χ0n) is 23.3. The summed E-state index contributed by atoms with van der Waals surface area (Å²) in [4.78, 5) is 11.0.